The summed E-state index contributed by atoms with van der Waals surface area (Å²) in [6.07, 6.45) is 2.80. The lowest BCUT2D eigenvalue weighted by Crippen LogP contribution is -2.31. The van der Waals surface area contributed by atoms with Crippen molar-refractivity contribution in [3.63, 3.8) is 0 Å². The third kappa shape index (κ3) is 2.87. The molecule has 0 unspecified atom stereocenters. The molecule has 1 aliphatic heterocycles. The number of carbonyl (C=O) groups excluding carboxylic acids is 2. The summed E-state index contributed by atoms with van der Waals surface area (Å²) in [5, 5.41) is 3.04. The van der Waals surface area contributed by atoms with Crippen LogP contribution in [0.15, 0.2) is 76.5 Å². The SMILES string of the molecule is O=C(N[C@H]1CCCc2ccccc21)c1ccc2c(c1)S(=O)(=O)c1ccccc1C2=O. The molecule has 0 spiro atoms. The maximum Gasteiger partial charge on any atom is 0.251 e. The first-order valence-electron chi connectivity index (χ1n) is 9.88. The minimum atomic E-state index is -3.87. The van der Waals surface area contributed by atoms with E-state index in [1.54, 1.807) is 12.1 Å². The number of benzene rings is 3. The van der Waals surface area contributed by atoms with Gasteiger partial charge in [0.25, 0.3) is 5.91 Å². The fraction of sp³-hybridized carbons (Fsp3) is 0.167. The molecule has 2 aliphatic rings. The lowest BCUT2D eigenvalue weighted by molar-refractivity contribution is 0.0931. The molecule has 1 N–H and O–H groups in total. The summed E-state index contributed by atoms with van der Waals surface area (Å²) in [5.74, 6) is -0.690. The normalized spacial score (nSPS) is 18.7. The Hall–Kier alpha value is -3.25. The first-order valence-corrected chi connectivity index (χ1v) is 11.4. The van der Waals surface area contributed by atoms with Crippen molar-refractivity contribution in [1.29, 1.82) is 0 Å². The molecule has 1 atom stereocenters. The second-order valence-electron chi connectivity index (χ2n) is 7.66. The molecule has 0 saturated carbocycles. The molecule has 1 amide bonds. The van der Waals surface area contributed by atoms with Crippen molar-refractivity contribution in [1.82, 2.24) is 5.32 Å². The van der Waals surface area contributed by atoms with Crippen molar-refractivity contribution in [3.05, 3.63) is 94.5 Å². The van der Waals surface area contributed by atoms with Gasteiger partial charge in [0.15, 0.2) is 5.78 Å². The van der Waals surface area contributed by atoms with Gasteiger partial charge in [-0.2, -0.15) is 0 Å². The van der Waals surface area contributed by atoms with Gasteiger partial charge in [0, 0.05) is 16.7 Å². The van der Waals surface area contributed by atoms with Gasteiger partial charge in [0.2, 0.25) is 9.84 Å². The van der Waals surface area contributed by atoms with Crippen LogP contribution >= 0.6 is 0 Å². The Morgan fingerprint density at radius 3 is 2.50 bits per heavy atom. The maximum absolute atomic E-state index is 13.1. The molecule has 1 heterocycles. The van der Waals surface area contributed by atoms with E-state index in [2.05, 4.69) is 11.4 Å². The predicted molar refractivity (Wildman–Crippen MR) is 111 cm³/mol. The molecule has 0 bridgehead atoms. The van der Waals surface area contributed by atoms with Gasteiger partial charge in [0.05, 0.1) is 15.8 Å². The number of hydrogen-bond acceptors (Lipinski definition) is 4. The van der Waals surface area contributed by atoms with Crippen molar-refractivity contribution >= 4 is 21.5 Å². The van der Waals surface area contributed by atoms with Gasteiger partial charge in [-0.25, -0.2) is 8.42 Å². The van der Waals surface area contributed by atoms with Gasteiger partial charge in [-0.15, -0.1) is 0 Å². The number of fused-ring (bicyclic) bond motifs is 3. The molecule has 1 aliphatic carbocycles. The largest absolute Gasteiger partial charge is 0.345 e. The first-order chi connectivity index (χ1) is 14.5. The zero-order chi connectivity index (χ0) is 20.9. The Morgan fingerprint density at radius 2 is 1.63 bits per heavy atom. The van der Waals surface area contributed by atoms with Crippen molar-refractivity contribution < 1.29 is 18.0 Å². The number of hydrogen-bond donors (Lipinski definition) is 1. The highest BCUT2D eigenvalue weighted by Gasteiger charge is 2.35. The molecule has 6 heteroatoms. The summed E-state index contributed by atoms with van der Waals surface area (Å²) in [6, 6.07) is 18.4. The Morgan fingerprint density at radius 1 is 0.900 bits per heavy atom. The van der Waals surface area contributed by atoms with Gasteiger partial charge in [-0.1, -0.05) is 36.4 Å². The Kier molecular flexibility index (Phi) is 4.33. The highest BCUT2D eigenvalue weighted by Crippen LogP contribution is 2.35. The zero-order valence-electron chi connectivity index (χ0n) is 16.1. The summed E-state index contributed by atoms with van der Waals surface area (Å²) in [4.78, 5) is 25.6. The predicted octanol–water partition coefficient (Wildman–Crippen LogP) is 3.87. The van der Waals surface area contributed by atoms with Crippen LogP contribution in [-0.2, 0) is 16.3 Å². The summed E-state index contributed by atoms with van der Waals surface area (Å²) in [7, 11) is -3.87. The number of sulfone groups is 1. The standard InChI is InChI=1S/C24H19NO4S/c26-23-18-9-3-4-11-21(18)30(28,29)22-14-16(12-13-19(22)23)24(27)25-20-10-5-7-15-6-1-2-8-17(15)20/h1-4,6,8-9,11-14,20H,5,7,10H2,(H,25,27)/t20-/m0/s1. The zero-order valence-corrected chi connectivity index (χ0v) is 16.9. The number of aryl methyl sites for hydroxylation is 1. The van der Waals surface area contributed by atoms with Crippen molar-refractivity contribution in [2.45, 2.75) is 35.1 Å². The molecule has 150 valence electrons. The van der Waals surface area contributed by atoms with Crippen LogP contribution in [0.25, 0.3) is 0 Å². The third-order valence-electron chi connectivity index (χ3n) is 5.87. The Balaban J connectivity index is 1.50. The molecular formula is C24H19NO4S. The Bertz CT molecular complexity index is 1310. The van der Waals surface area contributed by atoms with Gasteiger partial charge in [-0.3, -0.25) is 9.59 Å². The highest BCUT2D eigenvalue weighted by molar-refractivity contribution is 7.91. The van der Waals surface area contributed by atoms with E-state index in [4.69, 9.17) is 0 Å². The van der Waals surface area contributed by atoms with E-state index in [1.807, 2.05) is 18.2 Å². The third-order valence-corrected chi connectivity index (χ3v) is 7.73. The van der Waals surface area contributed by atoms with Crippen LogP contribution in [-0.4, -0.2) is 20.1 Å². The number of amides is 1. The number of rotatable bonds is 2. The molecule has 0 saturated heterocycles. The summed E-state index contributed by atoms with van der Waals surface area (Å²) in [5.41, 5.74) is 2.83. The summed E-state index contributed by atoms with van der Waals surface area (Å²) >= 11 is 0. The maximum atomic E-state index is 13.1. The Labute approximate surface area is 174 Å². The molecule has 3 aromatic rings. The van der Waals surface area contributed by atoms with Gasteiger partial charge >= 0.3 is 0 Å². The molecule has 5 nitrogen and oxygen atoms in total. The van der Waals surface area contributed by atoms with Crippen LogP contribution in [0, 0.1) is 0 Å². The van der Waals surface area contributed by atoms with Crippen LogP contribution in [0.1, 0.15) is 56.3 Å². The van der Waals surface area contributed by atoms with Crippen LogP contribution < -0.4 is 5.32 Å². The summed E-state index contributed by atoms with van der Waals surface area (Å²) < 4.78 is 26.2. The van der Waals surface area contributed by atoms with Crippen molar-refractivity contribution in [3.8, 4) is 0 Å². The number of carbonyl (C=O) groups is 2. The van der Waals surface area contributed by atoms with Crippen LogP contribution in [0.4, 0.5) is 0 Å². The van der Waals surface area contributed by atoms with Crippen LogP contribution in [0.2, 0.25) is 0 Å². The highest BCUT2D eigenvalue weighted by atomic mass is 32.2. The molecule has 0 radical (unpaired) electrons. The van der Waals surface area contributed by atoms with E-state index < -0.39 is 9.84 Å². The number of ketones is 1. The molecule has 30 heavy (non-hydrogen) atoms. The lowest BCUT2D eigenvalue weighted by Gasteiger charge is -2.26. The van der Waals surface area contributed by atoms with Crippen LogP contribution in [0.5, 0.6) is 0 Å². The van der Waals surface area contributed by atoms with E-state index >= 15 is 0 Å². The molecule has 0 aromatic heterocycles. The molecule has 5 rings (SSSR count). The summed E-state index contributed by atoms with van der Waals surface area (Å²) in [6.45, 7) is 0. The second-order valence-corrected chi connectivity index (χ2v) is 9.54. The molecule has 0 fully saturated rings. The molecule has 3 aromatic carbocycles. The fourth-order valence-electron chi connectivity index (χ4n) is 4.37. The minimum absolute atomic E-state index is 0.0127. The first kappa shape index (κ1) is 18.8. The van der Waals surface area contributed by atoms with E-state index in [1.165, 1.54) is 35.9 Å². The quantitative estimate of drug-likeness (QED) is 0.537. The van der Waals surface area contributed by atoms with E-state index in [0.717, 1.165) is 24.8 Å². The van der Waals surface area contributed by atoms with Crippen molar-refractivity contribution in [2.24, 2.45) is 0 Å². The van der Waals surface area contributed by atoms with Crippen LogP contribution in [0.3, 0.4) is 0 Å². The number of nitrogens with one attached hydrogen (secondary N) is 1. The van der Waals surface area contributed by atoms with Crippen molar-refractivity contribution in [2.75, 3.05) is 0 Å². The van der Waals surface area contributed by atoms with E-state index in [0.29, 0.717) is 0 Å². The van der Waals surface area contributed by atoms with E-state index in [9.17, 15) is 18.0 Å². The monoisotopic (exact) mass is 417 g/mol. The average Bonchev–Trinajstić information content (AvgIpc) is 2.78. The van der Waals surface area contributed by atoms with Gasteiger partial charge in [-0.05, 0) is 60.7 Å². The topological polar surface area (TPSA) is 80.3 Å². The smallest absolute Gasteiger partial charge is 0.251 e. The van der Waals surface area contributed by atoms with E-state index in [-0.39, 0.29) is 44.2 Å². The average molecular weight is 417 g/mol. The minimum Gasteiger partial charge on any atom is -0.345 e. The second kappa shape index (κ2) is 6.92. The fourth-order valence-corrected chi connectivity index (χ4v) is 6.05. The molecular weight excluding hydrogens is 398 g/mol. The van der Waals surface area contributed by atoms with Gasteiger partial charge in [0.1, 0.15) is 0 Å². The van der Waals surface area contributed by atoms with Gasteiger partial charge < -0.3 is 5.32 Å². The lowest BCUT2D eigenvalue weighted by atomic mass is 9.87.